The molecule has 79 heavy (non-hydrogen) atoms. The molecule has 3 aliphatic rings. The summed E-state index contributed by atoms with van der Waals surface area (Å²) in [5.41, 5.74) is 8.08. The van der Waals surface area contributed by atoms with E-state index >= 15 is 0 Å². The molecule has 0 saturated carbocycles. The first-order valence-corrected chi connectivity index (χ1v) is 30.6. The predicted octanol–water partition coefficient (Wildman–Crippen LogP) is 2.60. The molecule has 2 unspecified atom stereocenters. The Morgan fingerprint density at radius 2 is 1.11 bits per heavy atom. The van der Waals surface area contributed by atoms with E-state index in [1.807, 2.05) is 72.8 Å². The Morgan fingerprint density at radius 3 is 1.63 bits per heavy atom. The van der Waals surface area contributed by atoms with Crippen LogP contribution in [0.2, 0.25) is 0 Å². The van der Waals surface area contributed by atoms with Crippen molar-refractivity contribution in [2.24, 2.45) is 0 Å². The van der Waals surface area contributed by atoms with Crippen molar-refractivity contribution in [2.75, 3.05) is 22.9 Å². The van der Waals surface area contributed by atoms with Crippen LogP contribution in [0.4, 0.5) is 22.7 Å². The van der Waals surface area contributed by atoms with Gasteiger partial charge in [-0.25, -0.2) is 0 Å². The molecule has 2 heterocycles. The van der Waals surface area contributed by atoms with Crippen LogP contribution in [0.1, 0.15) is 82.6 Å². The maximum Gasteiger partial charge on any atom is 1.00 e. The number of para-hydroxylation sites is 2. The molecule has 2 aliphatic heterocycles. The van der Waals surface area contributed by atoms with Crippen LogP contribution in [0.5, 0.6) is 0 Å². The van der Waals surface area contributed by atoms with Gasteiger partial charge in [0.1, 0.15) is 0 Å². The molecule has 6 aromatic carbocycles. The summed E-state index contributed by atoms with van der Waals surface area (Å²) in [5, 5.41) is 0.524. The number of hydrogen-bond donors (Lipinski definition) is 4. The van der Waals surface area contributed by atoms with Crippen LogP contribution in [-0.2, 0) is 51.3 Å². The number of anilines is 3. The Morgan fingerprint density at radius 1 is 0.608 bits per heavy atom. The van der Waals surface area contributed by atoms with E-state index in [9.17, 15) is 51.9 Å². The molecule has 6 aromatic rings. The Hall–Kier alpha value is -3.29. The van der Waals surface area contributed by atoms with Crippen molar-refractivity contribution < 1.29 is 149 Å². The predicted molar refractivity (Wildman–Crippen MR) is 302 cm³/mol. The summed E-state index contributed by atoms with van der Waals surface area (Å²) in [4.78, 5) is 3.77. The molecule has 15 nitrogen and oxygen atoms in total. The molecule has 0 radical (unpaired) electrons. The quantitative estimate of drug-likeness (QED) is 0.0622. The zero-order valence-electron chi connectivity index (χ0n) is 48.8. The van der Waals surface area contributed by atoms with Crippen LogP contribution in [-0.4, -0.2) is 85.8 Å². The van der Waals surface area contributed by atoms with Gasteiger partial charge in [0, 0.05) is 58.8 Å². The maximum absolute atomic E-state index is 12.3. The van der Waals surface area contributed by atoms with Crippen LogP contribution >= 0.6 is 0 Å². The van der Waals surface area contributed by atoms with Gasteiger partial charge < -0.3 is 14.1 Å². The van der Waals surface area contributed by atoms with Gasteiger partial charge in [0.2, 0.25) is 5.69 Å². The van der Waals surface area contributed by atoms with Gasteiger partial charge in [-0.15, -0.1) is 0 Å². The van der Waals surface area contributed by atoms with E-state index in [0.29, 0.717) is 23.6 Å². The maximum atomic E-state index is 12.3. The minimum atomic E-state index is -4.50. The van der Waals surface area contributed by atoms with Gasteiger partial charge in [0.05, 0.1) is 31.4 Å². The Balaban J connectivity index is 0.00000294. The van der Waals surface area contributed by atoms with E-state index < -0.39 is 61.8 Å². The van der Waals surface area contributed by atoms with E-state index in [0.717, 1.165) is 72.9 Å². The van der Waals surface area contributed by atoms with Gasteiger partial charge in [-0.2, -0.15) is 38.2 Å². The number of hydrogen-bond acceptors (Lipinski definition) is 10. The first-order valence-electron chi connectivity index (χ1n) is 24.8. The third-order valence-electron chi connectivity index (χ3n) is 15.2. The minimum Gasteiger partial charge on any atom is -1.00 e. The standard InChI is InChI=1S/C57H59N3O12S4.3Na.3H/c1-37(73(61,62)63)31-33-58-49-27-19-41-35-45(75(67,68)69)23-25-47(41)53(49)56(3,4)51(58)29-21-39-17-18-40(55(39)60(43-13-9-7-10-14-43)44-15-11-8-12-16-44)22-30-52-57(5,6)54-48-26-24-46(76(70,71)72)36-42(48)20-28-50(54)59(52)34-32-38(2)74(64,65)66;;;;;;/h7-16,19-30,35-38H,17-18,31-34H2,1-6H3,(H3-,61,62,63,64,65,66,67,68,69,70,71,72);;;;;;/q;3*+1;3*-1/p+1. The molecule has 0 fully saturated rings. The zero-order valence-corrected chi connectivity index (χ0v) is 55.0. The van der Waals surface area contributed by atoms with Crippen molar-refractivity contribution >= 4 is 90.5 Å². The van der Waals surface area contributed by atoms with Crippen LogP contribution in [0.3, 0.4) is 0 Å². The topological polar surface area (TPSA) is 227 Å². The monoisotopic (exact) mass is 1180 g/mol. The summed E-state index contributed by atoms with van der Waals surface area (Å²) in [6, 6.07) is 36.1. The second kappa shape index (κ2) is 24.5. The fourth-order valence-electron chi connectivity index (χ4n) is 11.1. The minimum absolute atomic E-state index is 0. The Kier molecular flexibility index (Phi) is 20.1. The molecule has 0 aromatic heterocycles. The molecule has 1 aliphatic carbocycles. The molecule has 0 amide bonds. The van der Waals surface area contributed by atoms with Crippen molar-refractivity contribution in [3.05, 3.63) is 179 Å². The summed E-state index contributed by atoms with van der Waals surface area (Å²) < 4.78 is 140. The third kappa shape index (κ3) is 13.1. The van der Waals surface area contributed by atoms with Crippen LogP contribution in [0.15, 0.2) is 178 Å². The fraction of sp³-hybridized carbons (Fsp3) is 0.281. The summed E-state index contributed by atoms with van der Waals surface area (Å²) in [6.45, 7) is 11.5. The van der Waals surface area contributed by atoms with Crippen molar-refractivity contribution in [2.45, 2.75) is 98.3 Å². The van der Waals surface area contributed by atoms with Crippen LogP contribution in [0.25, 0.3) is 21.5 Å². The van der Waals surface area contributed by atoms with Crippen LogP contribution < -0.4 is 98.5 Å². The fourth-order valence-corrected chi connectivity index (χ4v) is 12.9. The van der Waals surface area contributed by atoms with Crippen molar-refractivity contribution in [3.8, 4) is 0 Å². The summed E-state index contributed by atoms with van der Waals surface area (Å²) in [5.74, 6) is 0. The van der Waals surface area contributed by atoms with E-state index in [1.54, 1.807) is 24.3 Å². The molecule has 22 heteroatoms. The first kappa shape index (κ1) is 64.9. The smallest absolute Gasteiger partial charge is 1.00 e. The van der Waals surface area contributed by atoms with Gasteiger partial charge in [0.15, 0.2) is 12.3 Å². The van der Waals surface area contributed by atoms with E-state index in [1.165, 1.54) is 38.1 Å². The molecular formula is C57H63N3Na3O12S4+. The molecule has 2 atom stereocenters. The zero-order chi connectivity index (χ0) is 54.9. The summed E-state index contributed by atoms with van der Waals surface area (Å²) >= 11 is 0. The van der Waals surface area contributed by atoms with Gasteiger partial charge in [-0.05, 0) is 152 Å². The summed E-state index contributed by atoms with van der Waals surface area (Å²) in [6.07, 6.45) is 9.65. The molecule has 0 saturated heterocycles. The second-order valence-electron chi connectivity index (χ2n) is 20.8. The average molecular weight is 1180 g/mol. The average Bonchev–Trinajstić information content (AvgIpc) is 3.96. The van der Waals surface area contributed by atoms with E-state index in [2.05, 4.69) is 66.4 Å². The Bertz CT molecular complexity index is 3980. The molecule has 404 valence electrons. The van der Waals surface area contributed by atoms with E-state index in [-0.39, 0.29) is 129 Å². The van der Waals surface area contributed by atoms with Crippen LogP contribution in [0, 0.1) is 0 Å². The summed E-state index contributed by atoms with van der Waals surface area (Å²) in [7, 11) is -17.7. The van der Waals surface area contributed by atoms with Gasteiger partial charge >= 0.3 is 88.7 Å². The normalized spacial score (nSPS) is 17.9. The number of allylic oxidation sites excluding steroid dienone is 7. The SMILES string of the molecule is CC(CCN1/C(=C\C=C2\CCC(/C=C/C3=[N+](CCC(C)S(=O)(=O)O)c4ccc5cc(S(=O)(=O)O)ccc5c4C3(C)C)=C2N(c2ccccc2)c2ccccc2)C(C)(C)c2c1ccc1cc(S(=O)(=O)O)ccc21)S(=O)(=O)O.[H-].[H-].[H-].[Na+].[Na+].[Na+]. The largest absolute Gasteiger partial charge is 1.00 e. The van der Waals surface area contributed by atoms with E-state index in [4.69, 9.17) is 0 Å². The van der Waals surface area contributed by atoms with Crippen molar-refractivity contribution in [1.82, 2.24) is 0 Å². The molecule has 0 spiro atoms. The van der Waals surface area contributed by atoms with Crippen molar-refractivity contribution in [3.63, 3.8) is 0 Å². The first-order chi connectivity index (χ1) is 35.6. The second-order valence-corrected chi connectivity index (χ2v) is 27.3. The number of benzene rings is 6. The number of fused-ring (bicyclic) bond motifs is 6. The number of nitrogens with zero attached hydrogens (tertiary/aromatic N) is 3. The van der Waals surface area contributed by atoms with Crippen molar-refractivity contribution in [1.29, 1.82) is 0 Å². The molecule has 4 N–H and O–H groups in total. The van der Waals surface area contributed by atoms with Gasteiger partial charge in [-0.1, -0.05) is 80.6 Å². The number of rotatable bonds is 16. The van der Waals surface area contributed by atoms with Gasteiger partial charge in [0.25, 0.3) is 40.5 Å². The Labute approximate surface area is 534 Å². The molecule has 9 rings (SSSR count). The van der Waals surface area contributed by atoms with Gasteiger partial charge in [-0.3, -0.25) is 18.2 Å². The molecular weight excluding hydrogens is 1120 g/mol. The third-order valence-corrected chi connectivity index (χ3v) is 19.4. The molecule has 0 bridgehead atoms.